The Labute approximate surface area is 119 Å². The number of fused-ring (bicyclic) bond motifs is 1. The van der Waals surface area contributed by atoms with Gasteiger partial charge >= 0.3 is 0 Å². The van der Waals surface area contributed by atoms with Gasteiger partial charge in [0.2, 0.25) is 5.91 Å². The highest BCUT2D eigenvalue weighted by Crippen LogP contribution is 2.26. The summed E-state index contributed by atoms with van der Waals surface area (Å²) in [5, 5.41) is 3.03. The minimum Gasteiger partial charge on any atom is -0.493 e. The second kappa shape index (κ2) is 7.43. The van der Waals surface area contributed by atoms with E-state index in [0.29, 0.717) is 6.61 Å². The SMILES string of the molecule is CCSCCNC(=O)C1CCOc2ccccc2C1. The minimum absolute atomic E-state index is 0.0373. The third kappa shape index (κ3) is 4.16. The highest BCUT2D eigenvalue weighted by molar-refractivity contribution is 7.99. The van der Waals surface area contributed by atoms with Crippen LogP contribution < -0.4 is 10.1 Å². The maximum absolute atomic E-state index is 12.1. The molecule has 1 aliphatic heterocycles. The fourth-order valence-corrected chi connectivity index (χ4v) is 2.79. The molecule has 1 aliphatic rings. The number of hydrogen-bond donors (Lipinski definition) is 1. The Morgan fingerprint density at radius 3 is 3.16 bits per heavy atom. The lowest BCUT2D eigenvalue weighted by Crippen LogP contribution is -2.33. The largest absolute Gasteiger partial charge is 0.493 e. The van der Waals surface area contributed by atoms with Gasteiger partial charge in [-0.25, -0.2) is 0 Å². The highest BCUT2D eigenvalue weighted by Gasteiger charge is 2.23. The second-order valence-electron chi connectivity index (χ2n) is 4.63. The summed E-state index contributed by atoms with van der Waals surface area (Å²) < 4.78 is 5.69. The van der Waals surface area contributed by atoms with Gasteiger partial charge in [-0.2, -0.15) is 11.8 Å². The molecule has 0 aliphatic carbocycles. The van der Waals surface area contributed by atoms with E-state index in [-0.39, 0.29) is 11.8 Å². The first-order valence-corrected chi connectivity index (χ1v) is 8.03. The minimum atomic E-state index is 0.0373. The van der Waals surface area contributed by atoms with Gasteiger partial charge in [0.25, 0.3) is 0 Å². The van der Waals surface area contributed by atoms with Gasteiger partial charge in [0, 0.05) is 18.2 Å². The third-order valence-electron chi connectivity index (χ3n) is 3.28. The normalized spacial score (nSPS) is 18.1. The van der Waals surface area contributed by atoms with Crippen LogP contribution in [0, 0.1) is 5.92 Å². The fraction of sp³-hybridized carbons (Fsp3) is 0.533. The van der Waals surface area contributed by atoms with E-state index >= 15 is 0 Å². The predicted octanol–water partition coefficient (Wildman–Crippen LogP) is 2.50. The molecular weight excluding hydrogens is 258 g/mol. The summed E-state index contributed by atoms with van der Waals surface area (Å²) in [5.41, 5.74) is 1.14. The summed E-state index contributed by atoms with van der Waals surface area (Å²) in [6.45, 7) is 3.52. The van der Waals surface area contributed by atoms with E-state index in [9.17, 15) is 4.79 Å². The van der Waals surface area contributed by atoms with Gasteiger partial charge in [-0.1, -0.05) is 25.1 Å². The van der Waals surface area contributed by atoms with Gasteiger partial charge in [-0.15, -0.1) is 0 Å². The van der Waals surface area contributed by atoms with Gasteiger partial charge < -0.3 is 10.1 Å². The molecule has 2 rings (SSSR count). The van der Waals surface area contributed by atoms with Crippen LogP contribution in [0.25, 0.3) is 0 Å². The topological polar surface area (TPSA) is 38.3 Å². The number of carbonyl (C=O) groups excluding carboxylic acids is 1. The first kappa shape index (κ1) is 14.3. The van der Waals surface area contributed by atoms with Crippen molar-refractivity contribution in [2.75, 3.05) is 24.7 Å². The molecule has 0 radical (unpaired) electrons. The number of nitrogens with one attached hydrogen (secondary N) is 1. The second-order valence-corrected chi connectivity index (χ2v) is 6.03. The van der Waals surface area contributed by atoms with Crippen LogP contribution in [0.3, 0.4) is 0 Å². The first-order chi connectivity index (χ1) is 9.31. The quantitative estimate of drug-likeness (QED) is 0.842. The van der Waals surface area contributed by atoms with Crippen LogP contribution in [0.15, 0.2) is 24.3 Å². The Morgan fingerprint density at radius 1 is 1.47 bits per heavy atom. The van der Waals surface area contributed by atoms with Crippen molar-refractivity contribution in [1.29, 1.82) is 0 Å². The highest BCUT2D eigenvalue weighted by atomic mass is 32.2. The van der Waals surface area contributed by atoms with Crippen molar-refractivity contribution < 1.29 is 9.53 Å². The monoisotopic (exact) mass is 279 g/mol. The van der Waals surface area contributed by atoms with Crippen molar-refractivity contribution >= 4 is 17.7 Å². The number of benzene rings is 1. The van der Waals surface area contributed by atoms with Crippen molar-refractivity contribution in [3.8, 4) is 5.75 Å². The molecule has 0 spiro atoms. The van der Waals surface area contributed by atoms with Crippen LogP contribution >= 0.6 is 11.8 Å². The number of thioether (sulfide) groups is 1. The number of hydrogen-bond acceptors (Lipinski definition) is 3. The summed E-state index contributed by atoms with van der Waals surface area (Å²) in [6.07, 6.45) is 1.57. The molecule has 1 unspecified atom stereocenters. The van der Waals surface area contributed by atoms with Crippen LogP contribution in [0.4, 0.5) is 0 Å². The molecule has 1 N–H and O–H groups in total. The summed E-state index contributed by atoms with van der Waals surface area (Å²) in [6, 6.07) is 8.00. The molecule has 1 heterocycles. The van der Waals surface area contributed by atoms with Gasteiger partial charge in [0.05, 0.1) is 6.61 Å². The smallest absolute Gasteiger partial charge is 0.223 e. The summed E-state index contributed by atoms with van der Waals surface area (Å²) in [7, 11) is 0. The molecule has 3 nitrogen and oxygen atoms in total. The van der Waals surface area contributed by atoms with Crippen LogP contribution in [0.2, 0.25) is 0 Å². The Hall–Kier alpha value is -1.16. The lowest BCUT2D eigenvalue weighted by molar-refractivity contribution is -0.125. The van der Waals surface area contributed by atoms with Crippen LogP contribution in [-0.2, 0) is 11.2 Å². The van der Waals surface area contributed by atoms with Crippen LogP contribution in [-0.4, -0.2) is 30.6 Å². The number of ether oxygens (including phenoxy) is 1. The molecule has 1 amide bonds. The van der Waals surface area contributed by atoms with E-state index in [0.717, 1.165) is 42.2 Å². The molecule has 1 aromatic rings. The number of para-hydroxylation sites is 1. The van der Waals surface area contributed by atoms with Crippen molar-refractivity contribution in [3.05, 3.63) is 29.8 Å². The van der Waals surface area contributed by atoms with E-state index in [2.05, 4.69) is 12.2 Å². The molecule has 0 saturated heterocycles. The zero-order valence-electron chi connectivity index (χ0n) is 11.4. The van der Waals surface area contributed by atoms with Gasteiger partial charge in [-0.3, -0.25) is 4.79 Å². The molecular formula is C15H21NO2S. The Kier molecular flexibility index (Phi) is 5.58. The number of carbonyl (C=O) groups is 1. The number of rotatable bonds is 5. The summed E-state index contributed by atoms with van der Waals surface area (Å²) in [4.78, 5) is 12.1. The summed E-state index contributed by atoms with van der Waals surface area (Å²) in [5.74, 6) is 3.22. The Morgan fingerprint density at radius 2 is 2.32 bits per heavy atom. The Bertz CT molecular complexity index is 422. The van der Waals surface area contributed by atoms with Crippen LogP contribution in [0.1, 0.15) is 18.9 Å². The van der Waals surface area contributed by atoms with Crippen molar-refractivity contribution in [1.82, 2.24) is 5.32 Å². The number of amides is 1. The lowest BCUT2D eigenvalue weighted by Gasteiger charge is -2.13. The van der Waals surface area contributed by atoms with Gasteiger partial charge in [-0.05, 0) is 30.2 Å². The standard InChI is InChI=1S/C15H21NO2S/c1-2-19-10-8-16-15(17)13-7-9-18-14-6-4-3-5-12(14)11-13/h3-6,13H,2,7-11H2,1H3,(H,16,17). The molecule has 104 valence electrons. The van der Waals surface area contributed by atoms with Crippen molar-refractivity contribution in [3.63, 3.8) is 0 Å². The van der Waals surface area contributed by atoms with E-state index in [4.69, 9.17) is 4.74 Å². The molecule has 0 fully saturated rings. The molecule has 0 bridgehead atoms. The maximum Gasteiger partial charge on any atom is 0.223 e. The Balaban J connectivity index is 1.89. The average Bonchev–Trinajstić information content (AvgIpc) is 2.65. The van der Waals surface area contributed by atoms with E-state index in [1.165, 1.54) is 0 Å². The van der Waals surface area contributed by atoms with Crippen LogP contribution in [0.5, 0.6) is 5.75 Å². The van der Waals surface area contributed by atoms with E-state index in [1.54, 1.807) is 0 Å². The third-order valence-corrected chi connectivity index (χ3v) is 4.18. The lowest BCUT2D eigenvalue weighted by atomic mass is 9.96. The predicted molar refractivity (Wildman–Crippen MR) is 79.8 cm³/mol. The van der Waals surface area contributed by atoms with Crippen molar-refractivity contribution in [2.24, 2.45) is 5.92 Å². The summed E-state index contributed by atoms with van der Waals surface area (Å²) >= 11 is 1.85. The molecule has 1 atom stereocenters. The zero-order chi connectivity index (χ0) is 13.5. The molecule has 4 heteroatoms. The molecule has 0 aromatic heterocycles. The zero-order valence-corrected chi connectivity index (χ0v) is 12.2. The average molecular weight is 279 g/mol. The first-order valence-electron chi connectivity index (χ1n) is 6.87. The molecule has 0 saturated carbocycles. The maximum atomic E-state index is 12.1. The van der Waals surface area contributed by atoms with Crippen molar-refractivity contribution in [2.45, 2.75) is 19.8 Å². The van der Waals surface area contributed by atoms with Gasteiger partial charge in [0.15, 0.2) is 0 Å². The van der Waals surface area contributed by atoms with E-state index < -0.39 is 0 Å². The molecule has 19 heavy (non-hydrogen) atoms. The van der Waals surface area contributed by atoms with Gasteiger partial charge in [0.1, 0.15) is 5.75 Å². The van der Waals surface area contributed by atoms with E-state index in [1.807, 2.05) is 36.0 Å². The fourth-order valence-electron chi connectivity index (χ4n) is 2.25. The molecule has 1 aromatic carbocycles.